The Kier molecular flexibility index (Phi) is 6.16. The van der Waals surface area contributed by atoms with Crippen molar-refractivity contribution in [1.29, 1.82) is 0 Å². The lowest BCUT2D eigenvalue weighted by Crippen LogP contribution is -2.18. The van der Waals surface area contributed by atoms with Crippen LogP contribution in [0.3, 0.4) is 0 Å². The number of hydrogen-bond acceptors (Lipinski definition) is 4. The van der Waals surface area contributed by atoms with Gasteiger partial charge < -0.3 is 10.6 Å². The number of amides is 2. The average molecular weight is 417 g/mol. The van der Waals surface area contributed by atoms with Gasteiger partial charge in [0.1, 0.15) is 5.00 Å². The van der Waals surface area contributed by atoms with Gasteiger partial charge in [0.05, 0.1) is 5.56 Å². The van der Waals surface area contributed by atoms with Crippen LogP contribution in [0, 0.1) is 6.92 Å². The number of aromatic nitrogens is 2. The molecule has 2 heterocycles. The Bertz CT molecular complexity index is 1010. The van der Waals surface area contributed by atoms with Gasteiger partial charge in [-0.1, -0.05) is 18.5 Å². The number of nitrogens with one attached hydrogen (secondary N) is 2. The number of thiophene rings is 1. The van der Waals surface area contributed by atoms with Crippen LogP contribution in [0.15, 0.2) is 36.5 Å². The Balaban J connectivity index is 1.88. The Morgan fingerprint density at radius 2 is 1.82 bits per heavy atom. The van der Waals surface area contributed by atoms with E-state index in [1.165, 1.54) is 11.3 Å². The van der Waals surface area contributed by atoms with Crippen molar-refractivity contribution in [3.05, 3.63) is 63.2 Å². The second-order valence-corrected chi connectivity index (χ2v) is 7.83. The second-order valence-electron chi connectivity index (χ2n) is 6.17. The van der Waals surface area contributed by atoms with Crippen molar-refractivity contribution in [3.8, 4) is 0 Å². The van der Waals surface area contributed by atoms with Gasteiger partial charge in [0, 0.05) is 28.3 Å². The van der Waals surface area contributed by atoms with Crippen molar-refractivity contribution in [3.63, 3.8) is 0 Å². The van der Waals surface area contributed by atoms with Gasteiger partial charge in [-0.3, -0.25) is 14.3 Å². The fourth-order valence-electron chi connectivity index (χ4n) is 2.89. The summed E-state index contributed by atoms with van der Waals surface area (Å²) in [6.45, 7) is 6.57. The lowest BCUT2D eigenvalue weighted by atomic mass is 10.1. The zero-order valence-corrected chi connectivity index (χ0v) is 17.4. The summed E-state index contributed by atoms with van der Waals surface area (Å²) in [7, 11) is 0. The molecule has 8 heteroatoms. The fourth-order valence-corrected chi connectivity index (χ4v) is 4.15. The summed E-state index contributed by atoms with van der Waals surface area (Å²) >= 11 is 7.30. The van der Waals surface area contributed by atoms with Crippen LogP contribution in [0.1, 0.15) is 45.1 Å². The smallest absolute Gasteiger partial charge is 0.276 e. The van der Waals surface area contributed by atoms with Gasteiger partial charge in [0.15, 0.2) is 5.69 Å². The predicted octanol–water partition coefficient (Wildman–Crippen LogP) is 4.99. The van der Waals surface area contributed by atoms with E-state index in [-0.39, 0.29) is 11.8 Å². The van der Waals surface area contributed by atoms with E-state index >= 15 is 0 Å². The zero-order chi connectivity index (χ0) is 20.3. The van der Waals surface area contributed by atoms with Gasteiger partial charge in [-0.15, -0.1) is 11.3 Å². The Hall–Kier alpha value is -2.64. The lowest BCUT2D eigenvalue weighted by molar-refractivity contribution is 0.102. The van der Waals surface area contributed by atoms with Crippen LogP contribution in [0.25, 0.3) is 0 Å². The van der Waals surface area contributed by atoms with Crippen molar-refractivity contribution >= 4 is 45.4 Å². The van der Waals surface area contributed by atoms with Crippen LogP contribution in [-0.4, -0.2) is 21.6 Å². The quantitative estimate of drug-likeness (QED) is 0.594. The van der Waals surface area contributed by atoms with Crippen LogP contribution in [0.4, 0.5) is 10.7 Å². The minimum atomic E-state index is -0.336. The number of halogens is 1. The molecule has 0 unspecified atom stereocenters. The second kappa shape index (κ2) is 8.58. The van der Waals surface area contributed by atoms with Crippen molar-refractivity contribution in [2.24, 2.45) is 0 Å². The molecule has 146 valence electrons. The van der Waals surface area contributed by atoms with Crippen LogP contribution in [0.2, 0.25) is 5.02 Å². The number of carbonyl (C=O) groups excluding carboxylic acids is 2. The van der Waals surface area contributed by atoms with Crippen LogP contribution < -0.4 is 10.6 Å². The summed E-state index contributed by atoms with van der Waals surface area (Å²) in [5, 5.41) is 11.1. The maximum absolute atomic E-state index is 13.0. The van der Waals surface area contributed by atoms with Gasteiger partial charge in [-0.05, 0) is 56.2 Å². The Morgan fingerprint density at radius 1 is 1.11 bits per heavy atom. The average Bonchev–Trinajstić information content (AvgIpc) is 3.27. The van der Waals surface area contributed by atoms with E-state index in [0.29, 0.717) is 39.9 Å². The summed E-state index contributed by atoms with van der Waals surface area (Å²) < 4.78 is 1.68. The van der Waals surface area contributed by atoms with Crippen LogP contribution in [0.5, 0.6) is 0 Å². The first kappa shape index (κ1) is 20.1. The maximum atomic E-state index is 13.0. The normalized spacial score (nSPS) is 10.7. The molecule has 2 N–H and O–H groups in total. The van der Waals surface area contributed by atoms with E-state index in [2.05, 4.69) is 15.7 Å². The van der Waals surface area contributed by atoms with E-state index < -0.39 is 0 Å². The third kappa shape index (κ3) is 4.26. The van der Waals surface area contributed by atoms with Gasteiger partial charge in [-0.25, -0.2) is 0 Å². The van der Waals surface area contributed by atoms with Crippen molar-refractivity contribution < 1.29 is 9.59 Å². The third-order valence-electron chi connectivity index (χ3n) is 4.32. The molecule has 0 aliphatic heterocycles. The molecule has 2 amide bonds. The minimum Gasteiger partial charge on any atom is -0.322 e. The molecule has 28 heavy (non-hydrogen) atoms. The molecule has 0 aliphatic carbocycles. The first-order chi connectivity index (χ1) is 13.4. The third-order valence-corrected chi connectivity index (χ3v) is 5.63. The number of carbonyl (C=O) groups is 2. The monoisotopic (exact) mass is 416 g/mol. The number of benzene rings is 1. The molecule has 2 aromatic heterocycles. The van der Waals surface area contributed by atoms with E-state index in [0.717, 1.165) is 10.4 Å². The van der Waals surface area contributed by atoms with Gasteiger partial charge in [0.25, 0.3) is 11.8 Å². The van der Waals surface area contributed by atoms with Gasteiger partial charge >= 0.3 is 0 Å². The first-order valence-corrected chi connectivity index (χ1v) is 10.2. The van der Waals surface area contributed by atoms with Crippen molar-refractivity contribution in [2.75, 3.05) is 10.6 Å². The highest BCUT2D eigenvalue weighted by atomic mass is 35.5. The Morgan fingerprint density at radius 3 is 2.43 bits per heavy atom. The molecule has 0 fully saturated rings. The number of nitrogens with zero attached hydrogens (tertiary/aromatic N) is 2. The number of hydrogen-bond donors (Lipinski definition) is 2. The highest BCUT2D eigenvalue weighted by Crippen LogP contribution is 2.34. The summed E-state index contributed by atoms with van der Waals surface area (Å²) in [6.07, 6.45) is 2.44. The molecule has 0 spiro atoms. The highest BCUT2D eigenvalue weighted by Gasteiger charge is 2.23. The summed E-state index contributed by atoms with van der Waals surface area (Å²) in [5.41, 5.74) is 2.36. The van der Waals surface area contributed by atoms with Crippen molar-refractivity contribution in [2.45, 2.75) is 33.7 Å². The molecule has 3 aromatic rings. The van der Waals surface area contributed by atoms with Gasteiger partial charge in [0.2, 0.25) is 0 Å². The molecule has 0 bridgehead atoms. The summed E-state index contributed by atoms with van der Waals surface area (Å²) in [5.74, 6) is -0.602. The molecular weight excluding hydrogens is 396 g/mol. The summed E-state index contributed by atoms with van der Waals surface area (Å²) in [4.78, 5) is 26.6. The zero-order valence-electron chi connectivity index (χ0n) is 15.9. The van der Waals surface area contributed by atoms with Crippen LogP contribution in [-0.2, 0) is 13.0 Å². The highest BCUT2D eigenvalue weighted by molar-refractivity contribution is 7.16. The minimum absolute atomic E-state index is 0.266. The maximum Gasteiger partial charge on any atom is 0.276 e. The molecule has 0 saturated carbocycles. The topological polar surface area (TPSA) is 76.0 Å². The SMILES string of the molecule is CCc1c(C)sc(NC(=O)c2ccn(CC)n2)c1C(=O)Nc1ccc(Cl)cc1. The molecule has 1 aromatic carbocycles. The lowest BCUT2D eigenvalue weighted by Gasteiger charge is -2.09. The largest absolute Gasteiger partial charge is 0.322 e. The van der Waals surface area contributed by atoms with E-state index in [1.54, 1.807) is 41.2 Å². The molecule has 0 saturated heterocycles. The molecule has 0 aliphatic rings. The molecule has 0 radical (unpaired) electrons. The van der Waals surface area contributed by atoms with Crippen molar-refractivity contribution in [1.82, 2.24) is 9.78 Å². The number of anilines is 2. The first-order valence-electron chi connectivity index (χ1n) is 8.96. The van der Waals surface area contributed by atoms with E-state index in [1.807, 2.05) is 20.8 Å². The van der Waals surface area contributed by atoms with Gasteiger partial charge in [-0.2, -0.15) is 5.10 Å². The van der Waals surface area contributed by atoms with E-state index in [9.17, 15) is 9.59 Å². The molecular formula is C20H21ClN4O2S. The number of rotatable bonds is 6. The predicted molar refractivity (Wildman–Crippen MR) is 114 cm³/mol. The standard InChI is InChI=1S/C20H21ClN4O2S/c1-4-15-12(3)28-20(23-18(26)16-10-11-25(5-2)24-16)17(15)19(27)22-14-8-6-13(21)7-9-14/h6-11H,4-5H2,1-3H3,(H,22,27)(H,23,26). The molecule has 6 nitrogen and oxygen atoms in total. The molecule has 3 rings (SSSR count). The fraction of sp³-hybridized carbons (Fsp3) is 0.250. The Labute approximate surface area is 172 Å². The van der Waals surface area contributed by atoms with E-state index in [4.69, 9.17) is 11.6 Å². The van der Waals surface area contributed by atoms with Crippen LogP contribution >= 0.6 is 22.9 Å². The summed E-state index contributed by atoms with van der Waals surface area (Å²) in [6, 6.07) is 8.56. The number of aryl methyl sites for hydroxylation is 2. The molecule has 0 atom stereocenters.